The van der Waals surface area contributed by atoms with Crippen molar-refractivity contribution in [3.05, 3.63) is 22.4 Å². The summed E-state index contributed by atoms with van der Waals surface area (Å²) in [5, 5.41) is 6.37. The van der Waals surface area contributed by atoms with Crippen LogP contribution in [0.25, 0.3) is 0 Å². The predicted octanol–water partition coefficient (Wildman–Crippen LogP) is 1.22. The minimum absolute atomic E-state index is 0.0396. The molecule has 2 fully saturated rings. The van der Waals surface area contributed by atoms with Gasteiger partial charge in [-0.25, -0.2) is 0 Å². The minimum Gasteiger partial charge on any atom is -0.349 e. The van der Waals surface area contributed by atoms with E-state index in [9.17, 15) is 4.79 Å². The van der Waals surface area contributed by atoms with Gasteiger partial charge >= 0.3 is 0 Å². The Morgan fingerprint density at radius 2 is 2.15 bits per heavy atom. The molecule has 1 saturated heterocycles. The van der Waals surface area contributed by atoms with E-state index in [1.165, 1.54) is 12.8 Å². The van der Waals surface area contributed by atoms with E-state index >= 15 is 0 Å². The molecule has 1 amide bonds. The van der Waals surface area contributed by atoms with E-state index in [2.05, 4.69) is 36.0 Å². The molecular formula is C14H21BrN4O. The highest BCUT2D eigenvalue weighted by Gasteiger charge is 2.27. The van der Waals surface area contributed by atoms with Gasteiger partial charge in [0.1, 0.15) is 5.69 Å². The molecule has 0 atom stereocenters. The van der Waals surface area contributed by atoms with Crippen molar-refractivity contribution in [1.82, 2.24) is 20.1 Å². The summed E-state index contributed by atoms with van der Waals surface area (Å²) in [7, 11) is 0. The van der Waals surface area contributed by atoms with Crippen LogP contribution in [-0.2, 0) is 0 Å². The fourth-order valence-corrected chi connectivity index (χ4v) is 3.07. The molecule has 1 aliphatic carbocycles. The number of rotatable bonds is 5. The van der Waals surface area contributed by atoms with Gasteiger partial charge in [-0.1, -0.05) is 0 Å². The highest BCUT2D eigenvalue weighted by Crippen LogP contribution is 2.37. The number of hydrogen-bond acceptors (Lipinski definition) is 3. The number of piperazine rings is 1. The maximum Gasteiger partial charge on any atom is 0.268 e. The van der Waals surface area contributed by atoms with Crippen LogP contribution in [0.15, 0.2) is 16.7 Å². The molecule has 2 heterocycles. The number of nitrogens with zero attached hydrogens (tertiary/aromatic N) is 2. The second kappa shape index (κ2) is 6.28. The molecule has 3 rings (SSSR count). The van der Waals surface area contributed by atoms with Gasteiger partial charge in [-0.3, -0.25) is 9.69 Å². The molecule has 0 unspecified atom stereocenters. The number of carbonyl (C=O) groups is 1. The Morgan fingerprint density at radius 3 is 2.85 bits per heavy atom. The summed E-state index contributed by atoms with van der Waals surface area (Å²) in [5.74, 6) is 0.0396. The van der Waals surface area contributed by atoms with Crippen molar-refractivity contribution in [2.75, 3.05) is 39.3 Å². The van der Waals surface area contributed by atoms with Crippen LogP contribution in [0.1, 0.15) is 29.4 Å². The molecule has 1 saturated carbocycles. The number of halogens is 1. The molecule has 1 aromatic heterocycles. The van der Waals surface area contributed by atoms with Crippen molar-refractivity contribution in [1.29, 1.82) is 0 Å². The Balaban J connectivity index is 1.51. The number of carbonyl (C=O) groups excluding carboxylic acids is 1. The van der Waals surface area contributed by atoms with Crippen molar-refractivity contribution in [2.24, 2.45) is 0 Å². The third-order valence-corrected chi connectivity index (χ3v) is 4.34. The smallest absolute Gasteiger partial charge is 0.268 e. The zero-order valence-corrected chi connectivity index (χ0v) is 13.2. The van der Waals surface area contributed by atoms with Crippen LogP contribution in [0.2, 0.25) is 0 Å². The molecule has 0 bridgehead atoms. The normalized spacial score (nSPS) is 20.1. The zero-order chi connectivity index (χ0) is 13.9. The van der Waals surface area contributed by atoms with E-state index in [0.717, 1.165) is 42.9 Å². The van der Waals surface area contributed by atoms with E-state index < -0.39 is 0 Å². The number of aromatic nitrogens is 1. The average Bonchev–Trinajstić information content (AvgIpc) is 3.22. The van der Waals surface area contributed by atoms with Crippen LogP contribution in [0.3, 0.4) is 0 Å². The third kappa shape index (κ3) is 3.42. The minimum atomic E-state index is 0.0396. The van der Waals surface area contributed by atoms with Crippen molar-refractivity contribution < 1.29 is 4.79 Å². The highest BCUT2D eigenvalue weighted by molar-refractivity contribution is 9.10. The van der Waals surface area contributed by atoms with Gasteiger partial charge in [0, 0.05) is 56.0 Å². The summed E-state index contributed by atoms with van der Waals surface area (Å²) >= 11 is 3.46. The standard InChI is InChI=1S/C14H21BrN4O/c15-11-9-13(19(10-11)12-1-2-12)14(20)17-5-8-18-6-3-16-4-7-18/h9-10,12,16H,1-8H2,(H,17,20). The Labute approximate surface area is 127 Å². The van der Waals surface area contributed by atoms with Crippen LogP contribution in [0.4, 0.5) is 0 Å². The van der Waals surface area contributed by atoms with Gasteiger partial charge < -0.3 is 15.2 Å². The summed E-state index contributed by atoms with van der Waals surface area (Å²) in [6.45, 7) is 5.88. The Kier molecular flexibility index (Phi) is 4.43. The van der Waals surface area contributed by atoms with E-state index in [4.69, 9.17) is 0 Å². The molecule has 1 aliphatic heterocycles. The monoisotopic (exact) mass is 340 g/mol. The lowest BCUT2D eigenvalue weighted by molar-refractivity contribution is 0.0938. The summed E-state index contributed by atoms with van der Waals surface area (Å²) in [5.41, 5.74) is 0.777. The first-order chi connectivity index (χ1) is 9.74. The maximum atomic E-state index is 12.3. The zero-order valence-electron chi connectivity index (χ0n) is 11.6. The molecule has 6 heteroatoms. The van der Waals surface area contributed by atoms with E-state index in [-0.39, 0.29) is 5.91 Å². The van der Waals surface area contributed by atoms with Crippen molar-refractivity contribution in [3.8, 4) is 0 Å². The maximum absolute atomic E-state index is 12.3. The van der Waals surface area contributed by atoms with Crippen LogP contribution < -0.4 is 10.6 Å². The van der Waals surface area contributed by atoms with Gasteiger partial charge in [-0.15, -0.1) is 0 Å². The summed E-state index contributed by atoms with van der Waals surface area (Å²) < 4.78 is 3.08. The number of amides is 1. The molecule has 20 heavy (non-hydrogen) atoms. The number of nitrogens with one attached hydrogen (secondary N) is 2. The van der Waals surface area contributed by atoms with Gasteiger partial charge in [-0.05, 0) is 34.8 Å². The second-order valence-electron chi connectivity index (χ2n) is 5.53. The van der Waals surface area contributed by atoms with Gasteiger partial charge in [0.2, 0.25) is 0 Å². The molecule has 1 aromatic rings. The van der Waals surface area contributed by atoms with Crippen LogP contribution in [0.5, 0.6) is 0 Å². The molecule has 0 radical (unpaired) electrons. The molecule has 0 spiro atoms. The molecular weight excluding hydrogens is 320 g/mol. The van der Waals surface area contributed by atoms with E-state index in [1.807, 2.05) is 12.3 Å². The number of hydrogen-bond donors (Lipinski definition) is 2. The Morgan fingerprint density at radius 1 is 1.40 bits per heavy atom. The van der Waals surface area contributed by atoms with Crippen molar-refractivity contribution in [3.63, 3.8) is 0 Å². The molecule has 0 aromatic carbocycles. The van der Waals surface area contributed by atoms with E-state index in [0.29, 0.717) is 12.6 Å². The summed E-state index contributed by atoms with van der Waals surface area (Å²) in [6, 6.07) is 2.44. The van der Waals surface area contributed by atoms with Crippen LogP contribution >= 0.6 is 15.9 Å². The highest BCUT2D eigenvalue weighted by atomic mass is 79.9. The largest absolute Gasteiger partial charge is 0.349 e. The van der Waals surface area contributed by atoms with Crippen LogP contribution in [0, 0.1) is 0 Å². The predicted molar refractivity (Wildman–Crippen MR) is 82.0 cm³/mol. The molecule has 2 aliphatic rings. The van der Waals surface area contributed by atoms with Gasteiger partial charge in [0.25, 0.3) is 5.91 Å². The van der Waals surface area contributed by atoms with Gasteiger partial charge in [-0.2, -0.15) is 0 Å². The van der Waals surface area contributed by atoms with Crippen molar-refractivity contribution in [2.45, 2.75) is 18.9 Å². The second-order valence-corrected chi connectivity index (χ2v) is 6.45. The third-order valence-electron chi connectivity index (χ3n) is 3.91. The lowest BCUT2D eigenvalue weighted by Gasteiger charge is -2.27. The molecule has 2 N–H and O–H groups in total. The first-order valence-corrected chi connectivity index (χ1v) is 8.12. The van der Waals surface area contributed by atoms with E-state index in [1.54, 1.807) is 0 Å². The fourth-order valence-electron chi connectivity index (χ4n) is 2.64. The first kappa shape index (κ1) is 14.1. The van der Waals surface area contributed by atoms with Crippen LogP contribution in [-0.4, -0.2) is 54.6 Å². The lowest BCUT2D eigenvalue weighted by Crippen LogP contribution is -2.46. The fraction of sp³-hybridized carbons (Fsp3) is 0.643. The summed E-state index contributed by atoms with van der Waals surface area (Å²) in [6.07, 6.45) is 4.38. The summed E-state index contributed by atoms with van der Waals surface area (Å²) in [4.78, 5) is 14.7. The van der Waals surface area contributed by atoms with Gasteiger partial charge in [0.05, 0.1) is 0 Å². The van der Waals surface area contributed by atoms with Crippen molar-refractivity contribution >= 4 is 21.8 Å². The molecule has 5 nitrogen and oxygen atoms in total. The Bertz CT molecular complexity index is 478. The SMILES string of the molecule is O=C(NCCN1CCNCC1)c1cc(Br)cn1C1CC1. The average molecular weight is 341 g/mol. The van der Waals surface area contributed by atoms with Gasteiger partial charge in [0.15, 0.2) is 0 Å². The topological polar surface area (TPSA) is 49.3 Å². The Hall–Kier alpha value is -0.850. The first-order valence-electron chi connectivity index (χ1n) is 7.32. The lowest BCUT2D eigenvalue weighted by atomic mass is 10.3. The molecule has 110 valence electrons. The quantitative estimate of drug-likeness (QED) is 0.847.